The van der Waals surface area contributed by atoms with Crippen LogP contribution in [-0.4, -0.2) is 38.1 Å². The lowest BCUT2D eigenvalue weighted by Crippen LogP contribution is -2.41. The minimum Gasteiger partial charge on any atom is -0.494 e. The molecule has 1 unspecified atom stereocenters. The quantitative estimate of drug-likeness (QED) is 0.914. The van der Waals surface area contributed by atoms with Gasteiger partial charge < -0.3 is 15.0 Å². The van der Waals surface area contributed by atoms with Gasteiger partial charge >= 0.3 is 0 Å². The molecule has 110 valence electrons. The molecule has 20 heavy (non-hydrogen) atoms. The fraction of sp³-hybridized carbons (Fsp3) is 0.533. The number of carbonyl (C=O) groups excluding carboxylic acids is 1. The predicted molar refractivity (Wildman–Crippen MR) is 75.0 cm³/mol. The van der Waals surface area contributed by atoms with Crippen molar-refractivity contribution in [3.8, 4) is 5.75 Å². The first-order valence-corrected chi connectivity index (χ1v) is 6.75. The lowest BCUT2D eigenvalue weighted by atomic mass is 9.88. The molecule has 1 N–H and O–H groups in total. The van der Waals surface area contributed by atoms with Gasteiger partial charge in [-0.15, -0.1) is 0 Å². The van der Waals surface area contributed by atoms with E-state index in [1.165, 1.54) is 13.2 Å². The molecule has 1 aliphatic rings. The van der Waals surface area contributed by atoms with E-state index in [2.05, 4.69) is 5.32 Å². The van der Waals surface area contributed by atoms with Crippen molar-refractivity contribution in [2.45, 2.75) is 19.9 Å². The van der Waals surface area contributed by atoms with Crippen molar-refractivity contribution in [1.29, 1.82) is 0 Å². The van der Waals surface area contributed by atoms with Crippen molar-refractivity contribution in [3.63, 3.8) is 0 Å². The number of rotatable bonds is 4. The maximum absolute atomic E-state index is 13.6. The topological polar surface area (TPSA) is 41.6 Å². The molecule has 0 saturated carbocycles. The van der Waals surface area contributed by atoms with Gasteiger partial charge in [-0.25, -0.2) is 4.39 Å². The van der Waals surface area contributed by atoms with Crippen LogP contribution in [0.4, 0.5) is 4.39 Å². The zero-order chi connectivity index (χ0) is 14.8. The standard InChI is InChI=1S/C15H21FN2O2/c1-15(6-7-17-10-15)14(19)18(2)9-11-4-5-13(20-3)12(16)8-11/h4-5,8,17H,6-7,9-10H2,1-3H3. The Kier molecular flexibility index (Phi) is 4.28. The SMILES string of the molecule is COc1ccc(CN(C)C(=O)C2(C)CCNC2)cc1F. The number of hydrogen-bond acceptors (Lipinski definition) is 3. The Balaban J connectivity index is 2.05. The summed E-state index contributed by atoms with van der Waals surface area (Å²) in [5.41, 5.74) is 0.411. The second-order valence-corrected chi connectivity index (χ2v) is 5.62. The number of ether oxygens (including phenoxy) is 1. The Morgan fingerprint density at radius 1 is 1.55 bits per heavy atom. The monoisotopic (exact) mass is 280 g/mol. The number of amides is 1. The van der Waals surface area contributed by atoms with Crippen molar-refractivity contribution in [2.75, 3.05) is 27.2 Å². The molecule has 4 nitrogen and oxygen atoms in total. The van der Waals surface area contributed by atoms with E-state index in [1.54, 1.807) is 24.1 Å². The number of benzene rings is 1. The smallest absolute Gasteiger partial charge is 0.229 e. The molecule has 1 fully saturated rings. The Morgan fingerprint density at radius 3 is 2.85 bits per heavy atom. The zero-order valence-corrected chi connectivity index (χ0v) is 12.2. The highest BCUT2D eigenvalue weighted by molar-refractivity contribution is 5.82. The maximum Gasteiger partial charge on any atom is 0.229 e. The van der Waals surface area contributed by atoms with Crippen LogP contribution in [0, 0.1) is 11.2 Å². The number of carbonyl (C=O) groups is 1. The molecule has 0 aromatic heterocycles. The van der Waals surface area contributed by atoms with Crippen LogP contribution >= 0.6 is 0 Å². The van der Waals surface area contributed by atoms with Gasteiger partial charge in [0.05, 0.1) is 12.5 Å². The fourth-order valence-corrected chi connectivity index (χ4v) is 2.61. The molecule has 1 aliphatic heterocycles. The molecular formula is C15H21FN2O2. The minimum absolute atomic E-state index is 0.0960. The van der Waals surface area contributed by atoms with Crippen LogP contribution in [0.25, 0.3) is 0 Å². The number of methoxy groups -OCH3 is 1. The highest BCUT2D eigenvalue weighted by Gasteiger charge is 2.38. The van der Waals surface area contributed by atoms with Crippen LogP contribution in [0.15, 0.2) is 18.2 Å². The highest BCUT2D eigenvalue weighted by Crippen LogP contribution is 2.27. The van der Waals surface area contributed by atoms with Gasteiger partial charge in [-0.2, -0.15) is 0 Å². The number of nitrogens with one attached hydrogen (secondary N) is 1. The van der Waals surface area contributed by atoms with Crippen LogP contribution in [0.5, 0.6) is 5.75 Å². The van der Waals surface area contributed by atoms with E-state index in [9.17, 15) is 9.18 Å². The third kappa shape index (κ3) is 2.93. The Hall–Kier alpha value is -1.62. The Bertz CT molecular complexity index is 499. The normalized spacial score (nSPS) is 21.8. The van der Waals surface area contributed by atoms with Crippen molar-refractivity contribution < 1.29 is 13.9 Å². The maximum atomic E-state index is 13.6. The summed E-state index contributed by atoms with van der Waals surface area (Å²) in [6, 6.07) is 4.78. The van der Waals surface area contributed by atoms with Crippen LogP contribution in [-0.2, 0) is 11.3 Å². The average Bonchev–Trinajstić information content (AvgIpc) is 2.86. The van der Waals surface area contributed by atoms with Gasteiger partial charge in [-0.1, -0.05) is 6.07 Å². The molecule has 5 heteroatoms. The molecule has 0 bridgehead atoms. The molecule has 0 radical (unpaired) electrons. The fourth-order valence-electron chi connectivity index (χ4n) is 2.61. The van der Waals surface area contributed by atoms with E-state index in [-0.39, 0.29) is 17.1 Å². The van der Waals surface area contributed by atoms with Gasteiger partial charge in [0.2, 0.25) is 5.91 Å². The van der Waals surface area contributed by atoms with Crippen LogP contribution in [0.3, 0.4) is 0 Å². The predicted octanol–water partition coefficient (Wildman–Crippen LogP) is 1.79. The molecule has 2 rings (SSSR count). The summed E-state index contributed by atoms with van der Waals surface area (Å²) >= 11 is 0. The van der Waals surface area contributed by atoms with Crippen molar-refractivity contribution in [1.82, 2.24) is 10.2 Å². The van der Waals surface area contributed by atoms with Gasteiger partial charge in [-0.05, 0) is 37.6 Å². The summed E-state index contributed by atoms with van der Waals surface area (Å²) in [4.78, 5) is 14.1. The van der Waals surface area contributed by atoms with Crippen LogP contribution in [0.1, 0.15) is 18.9 Å². The van der Waals surface area contributed by atoms with Crippen molar-refractivity contribution in [3.05, 3.63) is 29.6 Å². The summed E-state index contributed by atoms with van der Waals surface area (Å²) in [5, 5.41) is 3.21. The molecule has 1 heterocycles. The van der Waals surface area contributed by atoms with E-state index < -0.39 is 5.82 Å². The number of nitrogens with zero attached hydrogens (tertiary/aromatic N) is 1. The first kappa shape index (κ1) is 14.8. The molecule has 1 aromatic carbocycles. The molecule has 1 saturated heterocycles. The number of halogens is 1. The summed E-state index contributed by atoms with van der Waals surface area (Å²) in [6.07, 6.45) is 0.840. The minimum atomic E-state index is -0.403. The molecule has 1 atom stereocenters. The van der Waals surface area contributed by atoms with E-state index in [0.29, 0.717) is 13.1 Å². The van der Waals surface area contributed by atoms with Gasteiger partial charge in [0.25, 0.3) is 0 Å². The first-order valence-electron chi connectivity index (χ1n) is 6.75. The second kappa shape index (κ2) is 5.79. The van der Waals surface area contributed by atoms with E-state index in [0.717, 1.165) is 18.5 Å². The Morgan fingerprint density at radius 2 is 2.30 bits per heavy atom. The molecule has 1 aromatic rings. The van der Waals surface area contributed by atoms with Crippen molar-refractivity contribution in [2.24, 2.45) is 5.41 Å². The van der Waals surface area contributed by atoms with Gasteiger partial charge in [0, 0.05) is 20.1 Å². The summed E-state index contributed by atoms with van der Waals surface area (Å²) < 4.78 is 18.5. The number of hydrogen-bond donors (Lipinski definition) is 1. The largest absolute Gasteiger partial charge is 0.494 e. The molecule has 1 amide bonds. The summed E-state index contributed by atoms with van der Waals surface area (Å²) in [5.74, 6) is -0.0898. The zero-order valence-electron chi connectivity index (χ0n) is 12.2. The molecular weight excluding hydrogens is 259 g/mol. The highest BCUT2D eigenvalue weighted by atomic mass is 19.1. The van der Waals surface area contributed by atoms with E-state index in [1.807, 2.05) is 6.92 Å². The summed E-state index contributed by atoms with van der Waals surface area (Å²) in [7, 11) is 3.19. The average molecular weight is 280 g/mol. The van der Waals surface area contributed by atoms with E-state index in [4.69, 9.17) is 4.74 Å². The summed E-state index contributed by atoms with van der Waals surface area (Å²) in [6.45, 7) is 3.94. The lowest BCUT2D eigenvalue weighted by Gasteiger charge is -2.28. The lowest BCUT2D eigenvalue weighted by molar-refractivity contribution is -0.139. The molecule has 0 spiro atoms. The van der Waals surface area contributed by atoms with Crippen LogP contribution in [0.2, 0.25) is 0 Å². The van der Waals surface area contributed by atoms with Gasteiger partial charge in [-0.3, -0.25) is 4.79 Å². The van der Waals surface area contributed by atoms with Gasteiger partial charge in [0.1, 0.15) is 0 Å². The Labute approximate surface area is 118 Å². The third-order valence-electron chi connectivity index (χ3n) is 3.87. The first-order chi connectivity index (χ1) is 9.46. The second-order valence-electron chi connectivity index (χ2n) is 5.62. The molecule has 0 aliphatic carbocycles. The van der Waals surface area contributed by atoms with Crippen molar-refractivity contribution >= 4 is 5.91 Å². The third-order valence-corrected chi connectivity index (χ3v) is 3.87. The van der Waals surface area contributed by atoms with E-state index >= 15 is 0 Å². The van der Waals surface area contributed by atoms with Gasteiger partial charge in [0.15, 0.2) is 11.6 Å². The van der Waals surface area contributed by atoms with Crippen LogP contribution < -0.4 is 10.1 Å².